The van der Waals surface area contributed by atoms with Crippen LogP contribution in [-0.2, 0) is 4.79 Å². The molecule has 1 heterocycles. The van der Waals surface area contributed by atoms with E-state index in [1.54, 1.807) is 6.92 Å². The summed E-state index contributed by atoms with van der Waals surface area (Å²) in [6.45, 7) is 1.67. The molecule has 0 bridgehead atoms. The fourth-order valence-corrected chi connectivity index (χ4v) is 1.16. The van der Waals surface area contributed by atoms with Gasteiger partial charge in [0.2, 0.25) is 5.91 Å². The zero-order valence-electron chi connectivity index (χ0n) is 7.71. The van der Waals surface area contributed by atoms with E-state index in [1.807, 2.05) is 24.3 Å². The van der Waals surface area contributed by atoms with Crippen LogP contribution in [0.2, 0.25) is 0 Å². The SMILES string of the molecule is CC(C(N)=O)n1nc2ccccc2n1. The minimum absolute atomic E-state index is 0.440. The number of fused-ring (bicyclic) bond motifs is 1. The van der Waals surface area contributed by atoms with Gasteiger partial charge in [0, 0.05) is 0 Å². The number of hydrogen-bond donors (Lipinski definition) is 1. The molecule has 0 spiro atoms. The van der Waals surface area contributed by atoms with Gasteiger partial charge in [0.1, 0.15) is 17.1 Å². The zero-order chi connectivity index (χ0) is 10.1. The quantitative estimate of drug-likeness (QED) is 0.748. The number of rotatable bonds is 2. The van der Waals surface area contributed by atoms with Gasteiger partial charge in [-0.15, -0.1) is 0 Å². The summed E-state index contributed by atoms with van der Waals surface area (Å²) in [4.78, 5) is 12.2. The summed E-state index contributed by atoms with van der Waals surface area (Å²) in [5.41, 5.74) is 6.68. The Morgan fingerprint density at radius 1 is 1.36 bits per heavy atom. The minimum atomic E-state index is -0.512. The first-order chi connectivity index (χ1) is 6.68. The van der Waals surface area contributed by atoms with Crippen molar-refractivity contribution in [3.05, 3.63) is 24.3 Å². The molecule has 0 aliphatic heterocycles. The molecule has 72 valence electrons. The van der Waals surface area contributed by atoms with Gasteiger partial charge < -0.3 is 5.73 Å². The summed E-state index contributed by atoms with van der Waals surface area (Å²) >= 11 is 0. The second kappa shape index (κ2) is 3.10. The molecule has 1 amide bonds. The van der Waals surface area contributed by atoms with E-state index in [0.29, 0.717) is 0 Å². The van der Waals surface area contributed by atoms with Crippen LogP contribution >= 0.6 is 0 Å². The molecule has 0 aliphatic rings. The molecule has 14 heavy (non-hydrogen) atoms. The molecular weight excluding hydrogens is 180 g/mol. The Hall–Kier alpha value is -1.91. The van der Waals surface area contributed by atoms with Gasteiger partial charge in [-0.2, -0.15) is 15.0 Å². The lowest BCUT2D eigenvalue weighted by molar-refractivity contribution is -0.121. The van der Waals surface area contributed by atoms with E-state index in [2.05, 4.69) is 10.2 Å². The maximum absolute atomic E-state index is 10.9. The van der Waals surface area contributed by atoms with Crippen LogP contribution in [0.15, 0.2) is 24.3 Å². The van der Waals surface area contributed by atoms with Crippen LogP contribution in [0, 0.1) is 0 Å². The number of nitrogens with zero attached hydrogens (tertiary/aromatic N) is 3. The van der Waals surface area contributed by atoms with E-state index in [9.17, 15) is 4.79 Å². The molecule has 2 N–H and O–H groups in total. The van der Waals surface area contributed by atoms with Gasteiger partial charge in [0.05, 0.1) is 0 Å². The van der Waals surface area contributed by atoms with Crippen molar-refractivity contribution in [3.8, 4) is 0 Å². The Bertz CT molecular complexity index is 443. The summed E-state index contributed by atoms with van der Waals surface area (Å²) in [5.74, 6) is -0.440. The van der Waals surface area contributed by atoms with E-state index in [1.165, 1.54) is 4.80 Å². The number of aromatic nitrogens is 3. The highest BCUT2D eigenvalue weighted by Gasteiger charge is 2.13. The second-order valence-electron chi connectivity index (χ2n) is 3.09. The van der Waals surface area contributed by atoms with E-state index < -0.39 is 11.9 Å². The molecule has 5 heteroatoms. The van der Waals surface area contributed by atoms with Crippen molar-refractivity contribution in [2.75, 3.05) is 0 Å². The van der Waals surface area contributed by atoms with E-state index in [-0.39, 0.29) is 0 Å². The molecule has 0 saturated heterocycles. The van der Waals surface area contributed by atoms with E-state index in [0.717, 1.165) is 11.0 Å². The lowest BCUT2D eigenvalue weighted by Gasteiger charge is -2.03. The Morgan fingerprint density at radius 2 is 1.86 bits per heavy atom. The number of benzene rings is 1. The van der Waals surface area contributed by atoms with Crippen LogP contribution in [0.1, 0.15) is 13.0 Å². The van der Waals surface area contributed by atoms with E-state index in [4.69, 9.17) is 5.73 Å². The average Bonchev–Trinajstić information content (AvgIpc) is 2.59. The Kier molecular flexibility index (Phi) is 1.92. The summed E-state index contributed by atoms with van der Waals surface area (Å²) in [6.07, 6.45) is 0. The van der Waals surface area contributed by atoms with Crippen molar-refractivity contribution in [3.63, 3.8) is 0 Å². The Balaban J connectivity index is 2.50. The molecule has 2 aromatic rings. The Labute approximate surface area is 80.5 Å². The predicted molar refractivity (Wildman–Crippen MR) is 51.4 cm³/mol. The molecule has 1 unspecified atom stereocenters. The minimum Gasteiger partial charge on any atom is -0.368 e. The number of primary amides is 1. The van der Waals surface area contributed by atoms with Crippen molar-refractivity contribution in [1.29, 1.82) is 0 Å². The van der Waals surface area contributed by atoms with Crippen molar-refractivity contribution < 1.29 is 4.79 Å². The molecule has 2 rings (SSSR count). The van der Waals surface area contributed by atoms with E-state index >= 15 is 0 Å². The van der Waals surface area contributed by atoms with Gasteiger partial charge in [-0.3, -0.25) is 4.79 Å². The summed E-state index contributed by atoms with van der Waals surface area (Å²) in [6, 6.07) is 6.91. The van der Waals surface area contributed by atoms with Crippen LogP contribution in [-0.4, -0.2) is 20.9 Å². The van der Waals surface area contributed by atoms with Crippen molar-refractivity contribution in [2.45, 2.75) is 13.0 Å². The molecule has 0 saturated carbocycles. The predicted octanol–water partition coefficient (Wildman–Crippen LogP) is 0.478. The highest BCUT2D eigenvalue weighted by atomic mass is 16.1. The first-order valence-corrected chi connectivity index (χ1v) is 4.29. The number of carbonyl (C=O) groups is 1. The molecule has 1 atom stereocenters. The highest BCUT2D eigenvalue weighted by molar-refractivity contribution is 5.78. The van der Waals surface area contributed by atoms with Crippen LogP contribution < -0.4 is 5.73 Å². The third-order valence-electron chi connectivity index (χ3n) is 2.06. The molecular formula is C9H10N4O. The van der Waals surface area contributed by atoms with Gasteiger partial charge in [0.15, 0.2) is 0 Å². The largest absolute Gasteiger partial charge is 0.368 e. The first kappa shape index (κ1) is 8.68. The molecule has 1 aromatic heterocycles. The smallest absolute Gasteiger partial charge is 0.243 e. The monoisotopic (exact) mass is 190 g/mol. The van der Waals surface area contributed by atoms with Gasteiger partial charge in [0.25, 0.3) is 0 Å². The van der Waals surface area contributed by atoms with Crippen molar-refractivity contribution in [1.82, 2.24) is 15.0 Å². The standard InChI is InChI=1S/C9H10N4O/c1-6(9(10)14)13-11-7-4-2-3-5-8(7)12-13/h2-6H,1H3,(H2,10,14). The molecule has 0 aliphatic carbocycles. The average molecular weight is 190 g/mol. The number of amides is 1. The molecule has 0 radical (unpaired) electrons. The zero-order valence-corrected chi connectivity index (χ0v) is 7.71. The normalized spacial score (nSPS) is 12.9. The highest BCUT2D eigenvalue weighted by Crippen LogP contribution is 2.10. The fourth-order valence-electron chi connectivity index (χ4n) is 1.16. The van der Waals surface area contributed by atoms with Gasteiger partial charge in [-0.25, -0.2) is 0 Å². The molecule has 5 nitrogen and oxygen atoms in total. The fraction of sp³-hybridized carbons (Fsp3) is 0.222. The van der Waals surface area contributed by atoms with Crippen molar-refractivity contribution in [2.24, 2.45) is 5.73 Å². The Morgan fingerprint density at radius 3 is 2.29 bits per heavy atom. The second-order valence-corrected chi connectivity index (χ2v) is 3.09. The van der Waals surface area contributed by atoms with Gasteiger partial charge in [-0.1, -0.05) is 12.1 Å². The first-order valence-electron chi connectivity index (χ1n) is 4.29. The third kappa shape index (κ3) is 1.32. The maximum Gasteiger partial charge on any atom is 0.243 e. The third-order valence-corrected chi connectivity index (χ3v) is 2.06. The lowest BCUT2D eigenvalue weighted by Crippen LogP contribution is -2.25. The molecule has 0 fully saturated rings. The maximum atomic E-state index is 10.9. The molecule has 1 aromatic carbocycles. The number of nitrogens with two attached hydrogens (primary N) is 1. The number of hydrogen-bond acceptors (Lipinski definition) is 3. The van der Waals surface area contributed by atoms with Crippen LogP contribution in [0.25, 0.3) is 11.0 Å². The van der Waals surface area contributed by atoms with Crippen molar-refractivity contribution >= 4 is 16.9 Å². The number of carbonyl (C=O) groups excluding carboxylic acids is 1. The summed E-state index contributed by atoms with van der Waals surface area (Å²) < 4.78 is 0. The topological polar surface area (TPSA) is 73.8 Å². The summed E-state index contributed by atoms with van der Waals surface area (Å²) in [5, 5.41) is 8.28. The summed E-state index contributed by atoms with van der Waals surface area (Å²) in [7, 11) is 0. The van der Waals surface area contributed by atoms with Crippen LogP contribution in [0.4, 0.5) is 0 Å². The van der Waals surface area contributed by atoms with Gasteiger partial charge in [-0.05, 0) is 19.1 Å². The van der Waals surface area contributed by atoms with Crippen LogP contribution in [0.3, 0.4) is 0 Å². The lowest BCUT2D eigenvalue weighted by atomic mass is 10.3. The van der Waals surface area contributed by atoms with Crippen LogP contribution in [0.5, 0.6) is 0 Å². The van der Waals surface area contributed by atoms with Gasteiger partial charge >= 0.3 is 0 Å².